The van der Waals surface area contributed by atoms with Crippen LogP contribution in [-0.2, 0) is 7.05 Å². The minimum Gasteiger partial charge on any atom is -0.270 e. The maximum absolute atomic E-state index is 5.56. The van der Waals surface area contributed by atoms with E-state index in [9.17, 15) is 0 Å². The zero-order valence-corrected chi connectivity index (χ0v) is 9.25. The van der Waals surface area contributed by atoms with Gasteiger partial charge in [0, 0.05) is 19.4 Å². The minimum absolute atomic E-state index is 0.195. The molecule has 0 radical (unpaired) electrons. The first-order valence-electron chi connectivity index (χ1n) is 4.95. The lowest BCUT2D eigenvalue weighted by Crippen LogP contribution is -2.31. The Morgan fingerprint density at radius 2 is 2.25 bits per heavy atom. The first kappa shape index (κ1) is 10.7. The fraction of sp³-hybridized carbons (Fsp3) is 0.300. The highest BCUT2D eigenvalue weighted by molar-refractivity contribution is 5.21. The van der Waals surface area contributed by atoms with Gasteiger partial charge in [-0.2, -0.15) is 5.10 Å². The van der Waals surface area contributed by atoms with E-state index >= 15 is 0 Å². The zero-order chi connectivity index (χ0) is 11.5. The van der Waals surface area contributed by atoms with Crippen molar-refractivity contribution in [2.45, 2.75) is 13.0 Å². The van der Waals surface area contributed by atoms with Crippen molar-refractivity contribution in [3.05, 3.63) is 41.7 Å². The topological polar surface area (TPSA) is 81.6 Å². The van der Waals surface area contributed by atoms with Crippen LogP contribution in [0.2, 0.25) is 0 Å². The van der Waals surface area contributed by atoms with Crippen molar-refractivity contribution < 1.29 is 0 Å². The zero-order valence-electron chi connectivity index (χ0n) is 9.25. The lowest BCUT2D eigenvalue weighted by atomic mass is 10.1. The minimum atomic E-state index is -0.195. The van der Waals surface area contributed by atoms with E-state index < -0.39 is 0 Å². The second-order valence-corrected chi connectivity index (χ2v) is 3.56. The van der Waals surface area contributed by atoms with Crippen LogP contribution in [0.25, 0.3) is 0 Å². The summed E-state index contributed by atoms with van der Waals surface area (Å²) in [6.45, 7) is 1.94. The molecular formula is C10H14N6. The summed E-state index contributed by atoms with van der Waals surface area (Å²) in [6.07, 6.45) is 4.96. The number of rotatable bonds is 3. The van der Waals surface area contributed by atoms with Gasteiger partial charge in [-0.1, -0.05) is 0 Å². The molecule has 0 aliphatic heterocycles. The highest BCUT2D eigenvalue weighted by Gasteiger charge is 2.17. The molecule has 0 fully saturated rings. The molecule has 0 spiro atoms. The van der Waals surface area contributed by atoms with Gasteiger partial charge < -0.3 is 0 Å². The molecule has 6 heteroatoms. The van der Waals surface area contributed by atoms with Gasteiger partial charge in [-0.05, 0) is 13.0 Å². The Bertz CT molecular complexity index is 463. The number of hydrogen-bond acceptors (Lipinski definition) is 5. The average Bonchev–Trinajstić information content (AvgIpc) is 2.61. The highest BCUT2D eigenvalue weighted by Crippen LogP contribution is 2.18. The molecule has 0 aliphatic carbocycles. The summed E-state index contributed by atoms with van der Waals surface area (Å²) in [6, 6.07) is 1.78. The molecular weight excluding hydrogens is 204 g/mol. The SMILES string of the molecule is Cc1cc(C(NN)c2cnccn2)n(C)n1. The van der Waals surface area contributed by atoms with E-state index in [1.165, 1.54) is 0 Å². The first-order valence-corrected chi connectivity index (χ1v) is 4.95. The van der Waals surface area contributed by atoms with E-state index in [-0.39, 0.29) is 6.04 Å². The molecule has 0 aliphatic rings. The van der Waals surface area contributed by atoms with Crippen LogP contribution in [0.4, 0.5) is 0 Å². The maximum atomic E-state index is 5.56. The second kappa shape index (κ2) is 4.38. The molecule has 1 unspecified atom stereocenters. The van der Waals surface area contributed by atoms with Gasteiger partial charge in [0.2, 0.25) is 0 Å². The largest absolute Gasteiger partial charge is 0.270 e. The lowest BCUT2D eigenvalue weighted by molar-refractivity contribution is 0.561. The number of hydrogen-bond donors (Lipinski definition) is 2. The van der Waals surface area contributed by atoms with Crippen LogP contribution in [0.1, 0.15) is 23.1 Å². The Morgan fingerprint density at radius 1 is 1.44 bits per heavy atom. The van der Waals surface area contributed by atoms with Crippen molar-refractivity contribution in [3.63, 3.8) is 0 Å². The quantitative estimate of drug-likeness (QED) is 0.563. The molecule has 2 aromatic heterocycles. The first-order chi connectivity index (χ1) is 7.72. The normalized spacial score (nSPS) is 12.7. The van der Waals surface area contributed by atoms with Gasteiger partial charge in [0.05, 0.1) is 23.3 Å². The second-order valence-electron chi connectivity index (χ2n) is 3.56. The van der Waals surface area contributed by atoms with Crippen LogP contribution < -0.4 is 11.3 Å². The van der Waals surface area contributed by atoms with E-state index in [1.54, 1.807) is 23.3 Å². The van der Waals surface area contributed by atoms with Crippen molar-refractivity contribution in [3.8, 4) is 0 Å². The van der Waals surface area contributed by atoms with E-state index in [1.807, 2.05) is 20.0 Å². The van der Waals surface area contributed by atoms with Gasteiger partial charge in [-0.3, -0.25) is 20.5 Å². The van der Waals surface area contributed by atoms with Gasteiger partial charge in [0.25, 0.3) is 0 Å². The Labute approximate surface area is 93.5 Å². The molecule has 0 saturated heterocycles. The molecule has 2 heterocycles. The van der Waals surface area contributed by atoms with Crippen molar-refractivity contribution >= 4 is 0 Å². The molecule has 2 aromatic rings. The molecule has 1 atom stereocenters. The van der Waals surface area contributed by atoms with E-state index in [2.05, 4.69) is 20.5 Å². The van der Waals surface area contributed by atoms with Crippen molar-refractivity contribution in [1.29, 1.82) is 0 Å². The summed E-state index contributed by atoms with van der Waals surface area (Å²) in [7, 11) is 1.88. The molecule has 0 amide bonds. The number of nitrogens with zero attached hydrogens (tertiary/aromatic N) is 4. The van der Waals surface area contributed by atoms with Crippen LogP contribution >= 0.6 is 0 Å². The molecule has 16 heavy (non-hydrogen) atoms. The number of nitrogens with two attached hydrogens (primary N) is 1. The molecule has 0 saturated carbocycles. The van der Waals surface area contributed by atoms with Crippen LogP contribution in [0.15, 0.2) is 24.7 Å². The predicted octanol–water partition coefficient (Wildman–Crippen LogP) is 0.0712. The molecule has 6 nitrogen and oxygen atoms in total. The predicted molar refractivity (Wildman–Crippen MR) is 59.1 cm³/mol. The number of hydrazine groups is 1. The Kier molecular flexibility index (Phi) is 2.93. The summed E-state index contributed by atoms with van der Waals surface area (Å²) in [5.74, 6) is 5.56. The Balaban J connectivity index is 2.40. The third-order valence-electron chi connectivity index (χ3n) is 2.38. The molecule has 3 N–H and O–H groups in total. The van der Waals surface area contributed by atoms with Gasteiger partial charge in [-0.25, -0.2) is 5.43 Å². The maximum Gasteiger partial charge on any atom is 0.106 e. The summed E-state index contributed by atoms with van der Waals surface area (Å²) in [4.78, 5) is 8.26. The van der Waals surface area contributed by atoms with Gasteiger partial charge in [-0.15, -0.1) is 0 Å². The fourth-order valence-corrected chi connectivity index (χ4v) is 1.68. The number of nitrogens with one attached hydrogen (secondary N) is 1. The highest BCUT2D eigenvalue weighted by atomic mass is 15.3. The van der Waals surface area contributed by atoms with Crippen LogP contribution in [0, 0.1) is 6.92 Å². The Morgan fingerprint density at radius 3 is 2.75 bits per heavy atom. The van der Waals surface area contributed by atoms with Crippen LogP contribution in [0.5, 0.6) is 0 Å². The van der Waals surface area contributed by atoms with Crippen LogP contribution in [0.3, 0.4) is 0 Å². The van der Waals surface area contributed by atoms with E-state index in [0.29, 0.717) is 0 Å². The average molecular weight is 218 g/mol. The summed E-state index contributed by atoms with van der Waals surface area (Å²) < 4.78 is 1.79. The Hall–Kier alpha value is -1.79. The lowest BCUT2D eigenvalue weighted by Gasteiger charge is -2.14. The third-order valence-corrected chi connectivity index (χ3v) is 2.38. The number of aromatic nitrogens is 4. The van der Waals surface area contributed by atoms with Crippen molar-refractivity contribution in [1.82, 2.24) is 25.2 Å². The van der Waals surface area contributed by atoms with Gasteiger partial charge >= 0.3 is 0 Å². The smallest absolute Gasteiger partial charge is 0.106 e. The van der Waals surface area contributed by atoms with Crippen molar-refractivity contribution in [2.75, 3.05) is 0 Å². The van der Waals surface area contributed by atoms with Crippen LogP contribution in [-0.4, -0.2) is 19.7 Å². The standard InChI is InChI=1S/C10H14N6/c1-7-5-9(16(2)15-7)10(14-11)8-6-12-3-4-13-8/h3-6,10,14H,11H2,1-2H3. The third kappa shape index (κ3) is 1.93. The van der Waals surface area contributed by atoms with Gasteiger partial charge in [0.1, 0.15) is 6.04 Å². The number of aryl methyl sites for hydroxylation is 2. The molecule has 84 valence electrons. The van der Waals surface area contributed by atoms with E-state index in [4.69, 9.17) is 5.84 Å². The summed E-state index contributed by atoms with van der Waals surface area (Å²) >= 11 is 0. The van der Waals surface area contributed by atoms with Gasteiger partial charge in [0.15, 0.2) is 0 Å². The molecule has 2 rings (SSSR count). The monoisotopic (exact) mass is 218 g/mol. The summed E-state index contributed by atoms with van der Waals surface area (Å²) in [5.41, 5.74) is 5.40. The molecule has 0 aromatic carbocycles. The molecule has 0 bridgehead atoms. The summed E-state index contributed by atoms with van der Waals surface area (Å²) in [5, 5.41) is 4.28. The fourth-order valence-electron chi connectivity index (χ4n) is 1.68. The van der Waals surface area contributed by atoms with E-state index in [0.717, 1.165) is 17.1 Å². The van der Waals surface area contributed by atoms with Crippen molar-refractivity contribution in [2.24, 2.45) is 12.9 Å².